The first-order valence-electron chi connectivity index (χ1n) is 36.0. The zero-order chi connectivity index (χ0) is 78.3. The largest absolute Gasteiger partial charge is 0.491 e. The SMILES string of the molecule is C=C(C)C(=O)OCCC[Si](O[Si](C)(C)O[Si](C)(C)C)(O[Si](C)(C)O[Si](C)(C)C)O[Si](C)(C)O[Si](C)(C)C.C=C[Si](C)(C)O[Si](C)(C)O[Si](C)(O[Si](C)(C)O[Si](C)(C)C=C)O[Si](C)(C)O[Si](C)(C)C=C.c1cc(C(c2ccc(OCC3CO3)cc2)c2ccc(OCC3CO3)cc2)ccc1OCC1CO1. The van der Waals surface area contributed by atoms with Gasteiger partial charge in [0.15, 0.2) is 49.9 Å². The Morgan fingerprint density at radius 3 is 0.854 bits per heavy atom. The molecule has 0 bridgehead atoms. The first-order valence-corrected chi connectivity index (χ1v) is 76.2. The van der Waals surface area contributed by atoms with Gasteiger partial charge >= 0.3 is 74.9 Å². The van der Waals surface area contributed by atoms with Gasteiger partial charge in [-0.05, 0) is 243 Å². The van der Waals surface area contributed by atoms with Gasteiger partial charge in [-0.1, -0.05) is 60.1 Å². The van der Waals surface area contributed by atoms with Crippen LogP contribution in [0, 0.1) is 0 Å². The smallest absolute Gasteiger partial charge is 0.474 e. The van der Waals surface area contributed by atoms with Crippen LogP contribution in [0.5, 0.6) is 17.2 Å². The van der Waals surface area contributed by atoms with Crippen LogP contribution in [0.1, 0.15) is 36.0 Å². The number of carbonyl (C=O) groups excluding carboxylic acids is 1. The van der Waals surface area contributed by atoms with E-state index in [0.29, 0.717) is 37.9 Å². The van der Waals surface area contributed by atoms with Crippen LogP contribution in [0.3, 0.4) is 0 Å². The first kappa shape index (κ1) is 93.3. The number of ether oxygens (including phenoxy) is 7. The van der Waals surface area contributed by atoms with Crippen molar-refractivity contribution in [1.29, 1.82) is 0 Å². The Morgan fingerprint density at radius 2 is 0.641 bits per heavy atom. The molecule has 103 heavy (non-hydrogen) atoms. The number of hydrogen-bond acceptors (Lipinski definition) is 20. The van der Waals surface area contributed by atoms with E-state index in [0.717, 1.165) is 37.1 Å². The van der Waals surface area contributed by atoms with E-state index in [-0.39, 0.29) is 30.8 Å². The van der Waals surface area contributed by atoms with Crippen molar-refractivity contribution in [2.24, 2.45) is 0 Å². The number of hydrogen-bond donors (Lipinski definition) is 0. The summed E-state index contributed by atoms with van der Waals surface area (Å²) in [6.07, 6.45) is 1.25. The predicted octanol–water partition coefficient (Wildman–Crippen LogP) is 17.9. The normalized spacial score (nSPS) is 17.5. The molecule has 3 aliphatic heterocycles. The Morgan fingerprint density at radius 1 is 0.398 bits per heavy atom. The van der Waals surface area contributed by atoms with Gasteiger partial charge in [0.1, 0.15) is 55.4 Å². The van der Waals surface area contributed by atoms with E-state index < -0.39 is 125 Å². The van der Waals surface area contributed by atoms with E-state index >= 15 is 0 Å². The summed E-state index contributed by atoms with van der Waals surface area (Å²) in [5.74, 6) is 2.24. The van der Waals surface area contributed by atoms with E-state index in [4.69, 9.17) is 82.5 Å². The molecule has 0 aliphatic carbocycles. The highest BCUT2D eigenvalue weighted by atomic mass is 28.5. The summed E-state index contributed by atoms with van der Waals surface area (Å²) in [5.41, 5.74) is 9.71. The molecule has 3 fully saturated rings. The Hall–Kier alpha value is -2.07. The fourth-order valence-corrected chi connectivity index (χ4v) is 73.5. The number of esters is 1. The van der Waals surface area contributed by atoms with Crippen molar-refractivity contribution < 1.29 is 87.3 Å². The Kier molecular flexibility index (Phi) is 34.2. The maximum absolute atomic E-state index is 12.0. The van der Waals surface area contributed by atoms with Crippen LogP contribution in [0.25, 0.3) is 0 Å². The van der Waals surface area contributed by atoms with Gasteiger partial charge < -0.3 is 82.5 Å². The molecule has 6 rings (SSSR count). The molecule has 3 saturated heterocycles. The van der Waals surface area contributed by atoms with Crippen molar-refractivity contribution >= 4 is 125 Å². The van der Waals surface area contributed by atoms with Gasteiger partial charge in [-0.15, -0.1) is 19.7 Å². The first-order chi connectivity index (χ1) is 46.8. The van der Waals surface area contributed by atoms with Gasteiger partial charge in [0.05, 0.1) is 26.4 Å². The van der Waals surface area contributed by atoms with Crippen molar-refractivity contribution in [2.75, 3.05) is 46.2 Å². The fraction of sp³-hybridized carbons (Fsp3) is 0.609. The van der Waals surface area contributed by atoms with Gasteiger partial charge in [-0.25, -0.2) is 4.79 Å². The lowest BCUT2D eigenvalue weighted by Crippen LogP contribution is -2.66. The molecule has 3 aromatic rings. The second-order valence-electron chi connectivity index (χ2n) is 33.9. The van der Waals surface area contributed by atoms with Crippen molar-refractivity contribution in [1.82, 2.24) is 0 Å². The van der Waals surface area contributed by atoms with Crippen LogP contribution in [0.4, 0.5) is 0 Å². The summed E-state index contributed by atoms with van der Waals surface area (Å²) in [6, 6.07) is 25.5. The van der Waals surface area contributed by atoms with E-state index in [2.05, 4.69) is 200 Å². The quantitative estimate of drug-likeness (QED) is 0.0129. The van der Waals surface area contributed by atoms with Crippen LogP contribution in [-0.2, 0) is 73.1 Å². The average Bonchev–Trinajstić information content (AvgIpc) is 1.31. The molecule has 3 heterocycles. The standard InChI is InChI=1S/C28H28O6.C22H56O8Si7.C19H48O6Si7/c1-7-22(29-13-25-16-32-25)8-2-19(1)28(20-3-9-23(10-4-20)30-14-26-17-33-26)21-5-11-24(12-6-21)31-15-27-18-34-27;1-21(2)22(23)24-19-18-20-37(28-34(12,13)25-31(3,4)5,29-35(14,15)26-32(6,7)8)30-36(16,17)27-33(9,10)11;1-17-26(4,5)20-29(10,11)23-32(16,24-30(12,13)21-27(6,7)18-2)25-31(14,15)22-28(8,9)19-3/h1-12,25-28H,13-18H2;1,18-20H2,2-17H3;17-19H,1-3H2,4-16H3. The lowest BCUT2D eigenvalue weighted by atomic mass is 9.85. The molecule has 3 aromatic carbocycles. The minimum absolute atomic E-state index is 0.0717. The molecule has 20 nitrogen and oxygen atoms in total. The average molecular weight is 1670 g/mol. The van der Waals surface area contributed by atoms with Crippen LogP contribution >= 0.6 is 0 Å². The van der Waals surface area contributed by atoms with Crippen molar-refractivity contribution in [3.63, 3.8) is 0 Å². The molecule has 584 valence electrons. The Bertz CT molecular complexity index is 2870. The molecule has 0 spiro atoms. The Labute approximate surface area is 636 Å². The summed E-state index contributed by atoms with van der Waals surface area (Å²) in [5, 5.41) is 0. The summed E-state index contributed by atoms with van der Waals surface area (Å²) in [4.78, 5) is 12.0. The second kappa shape index (κ2) is 37.8. The van der Waals surface area contributed by atoms with Crippen molar-refractivity contribution in [3.05, 3.63) is 138 Å². The second-order valence-corrected chi connectivity index (χ2v) is 87.6. The number of epoxide rings is 3. The van der Waals surface area contributed by atoms with E-state index in [1.54, 1.807) is 6.92 Å². The van der Waals surface area contributed by atoms with Crippen molar-refractivity contribution in [2.45, 2.75) is 227 Å². The molecular weight excluding hydrogens is 1540 g/mol. The molecule has 0 saturated carbocycles. The zero-order valence-electron chi connectivity index (χ0n) is 68.3. The van der Waals surface area contributed by atoms with Crippen molar-refractivity contribution in [3.8, 4) is 17.2 Å². The minimum atomic E-state index is -3.44. The van der Waals surface area contributed by atoms with Gasteiger partial charge in [-0.2, -0.15) is 0 Å². The Balaban J connectivity index is 0.000000328. The highest BCUT2D eigenvalue weighted by Crippen LogP contribution is 2.38. The summed E-state index contributed by atoms with van der Waals surface area (Å²) in [6.45, 7) is 80.2. The lowest BCUT2D eigenvalue weighted by molar-refractivity contribution is -0.139. The van der Waals surface area contributed by atoms with Gasteiger partial charge in [-0.3, -0.25) is 0 Å². The molecule has 0 amide bonds. The van der Waals surface area contributed by atoms with Crippen LogP contribution in [0.15, 0.2) is 122 Å². The number of rotatable bonds is 44. The summed E-state index contributed by atoms with van der Waals surface area (Å²) in [7, 11) is -34.4. The highest BCUT2D eigenvalue weighted by molar-refractivity contribution is 6.95. The zero-order valence-corrected chi connectivity index (χ0v) is 82.3. The molecule has 3 aliphatic rings. The third-order valence-corrected chi connectivity index (χ3v) is 63.9. The molecule has 0 N–H and O–H groups in total. The third-order valence-electron chi connectivity index (χ3n) is 14.5. The van der Waals surface area contributed by atoms with Gasteiger partial charge in [0, 0.05) is 24.1 Å². The van der Waals surface area contributed by atoms with Crippen LogP contribution < -0.4 is 14.2 Å². The number of benzene rings is 3. The minimum Gasteiger partial charge on any atom is -0.491 e. The third kappa shape index (κ3) is 38.9. The topological polar surface area (TPSA) is 202 Å². The lowest BCUT2D eigenvalue weighted by Gasteiger charge is -2.46. The molecule has 3 atom stereocenters. The maximum atomic E-state index is 12.0. The molecule has 3 unspecified atom stereocenters. The monoisotopic (exact) mass is 1670 g/mol. The molecule has 0 aromatic heterocycles. The summed E-state index contributed by atoms with van der Waals surface area (Å²) >= 11 is 0. The van der Waals surface area contributed by atoms with Gasteiger partial charge in [0.25, 0.3) is 0 Å². The molecule has 34 heteroatoms. The molecule has 0 radical (unpaired) electrons. The fourth-order valence-electron chi connectivity index (χ4n) is 11.6. The van der Waals surface area contributed by atoms with Crippen LogP contribution in [-0.4, -0.2) is 189 Å². The van der Waals surface area contributed by atoms with Gasteiger partial charge in [0.2, 0.25) is 0 Å². The maximum Gasteiger partial charge on any atom is 0.474 e. The van der Waals surface area contributed by atoms with E-state index in [9.17, 15) is 4.79 Å². The summed E-state index contributed by atoms with van der Waals surface area (Å²) < 4.78 is 119. The predicted molar refractivity (Wildman–Crippen MR) is 450 cm³/mol. The number of carbonyl (C=O) groups is 1. The van der Waals surface area contributed by atoms with Crippen LogP contribution in [0.2, 0.25) is 189 Å². The molecular formula is C69H132O20Si14. The van der Waals surface area contributed by atoms with E-state index in [1.165, 1.54) is 16.7 Å². The van der Waals surface area contributed by atoms with E-state index in [1.807, 2.05) is 99.3 Å². The highest BCUT2D eigenvalue weighted by Gasteiger charge is 2.57.